The topological polar surface area (TPSA) is 26.0 Å². The van der Waals surface area contributed by atoms with Crippen molar-refractivity contribution in [2.24, 2.45) is 0 Å². The lowest BCUT2D eigenvalue weighted by molar-refractivity contribution is 0.356. The molecule has 1 aliphatic carbocycles. The number of hydrogen-bond donors (Lipinski definition) is 0. The van der Waals surface area contributed by atoms with E-state index >= 15 is 0 Å². The molecule has 0 aromatic carbocycles. The van der Waals surface area contributed by atoms with E-state index in [1.807, 2.05) is 6.07 Å². The number of halogens is 1. The molecule has 0 N–H and O–H groups in total. The van der Waals surface area contributed by atoms with E-state index in [2.05, 4.69) is 12.1 Å². The normalized spacial score (nSPS) is 20.2. The van der Waals surface area contributed by atoms with Crippen molar-refractivity contribution in [3.05, 3.63) is 17.5 Å². The zero-order valence-corrected chi connectivity index (χ0v) is 7.19. The van der Waals surface area contributed by atoms with E-state index in [0.717, 1.165) is 11.5 Å². The van der Waals surface area contributed by atoms with Gasteiger partial charge in [0.25, 0.3) is 0 Å². The Kier molecular flexibility index (Phi) is 1.46. The molecular weight excluding hydrogens is 162 g/mol. The fourth-order valence-corrected chi connectivity index (χ4v) is 1.22. The minimum absolute atomic E-state index is 0.275. The molecule has 0 atom stereocenters. The smallest absolute Gasteiger partial charge is 0.142 e. The Morgan fingerprint density at radius 3 is 2.91 bits per heavy atom. The zero-order valence-electron chi connectivity index (χ0n) is 6.43. The Hall–Kier alpha value is -0.500. The Bertz CT molecular complexity index is 265. The molecule has 11 heavy (non-hydrogen) atoms. The third-order valence-electron chi connectivity index (χ3n) is 2.29. The van der Waals surface area contributed by atoms with Crippen LogP contribution >= 0.6 is 11.6 Å². The Morgan fingerprint density at radius 2 is 2.45 bits per heavy atom. The first-order valence-electron chi connectivity index (χ1n) is 3.77. The molecule has 0 bridgehead atoms. The molecule has 0 amide bonds. The summed E-state index contributed by atoms with van der Waals surface area (Å²) in [5, 5.41) is 3.83. The van der Waals surface area contributed by atoms with Crippen molar-refractivity contribution >= 4 is 11.6 Å². The molecule has 1 aromatic heterocycles. The number of alkyl halides is 1. The minimum Gasteiger partial charge on any atom is -0.361 e. The van der Waals surface area contributed by atoms with Gasteiger partial charge in [-0.25, -0.2) is 0 Å². The largest absolute Gasteiger partial charge is 0.361 e. The van der Waals surface area contributed by atoms with Gasteiger partial charge in [0.15, 0.2) is 0 Å². The van der Waals surface area contributed by atoms with Crippen LogP contribution in [0.3, 0.4) is 0 Å². The van der Waals surface area contributed by atoms with E-state index in [4.69, 9.17) is 16.1 Å². The third kappa shape index (κ3) is 1.16. The van der Waals surface area contributed by atoms with Gasteiger partial charge in [-0.05, 0) is 12.8 Å². The van der Waals surface area contributed by atoms with Gasteiger partial charge in [-0.15, -0.1) is 11.6 Å². The molecule has 1 heterocycles. The Labute approximate surface area is 70.5 Å². The third-order valence-corrected chi connectivity index (χ3v) is 2.56. The maximum atomic E-state index is 5.59. The molecule has 2 rings (SSSR count). The molecule has 2 nitrogen and oxygen atoms in total. The van der Waals surface area contributed by atoms with Crippen LogP contribution < -0.4 is 0 Å². The van der Waals surface area contributed by atoms with Crippen molar-refractivity contribution in [1.29, 1.82) is 0 Å². The first-order valence-corrected chi connectivity index (χ1v) is 4.30. The summed E-state index contributed by atoms with van der Waals surface area (Å²) < 4.78 is 5.15. The lowest BCUT2D eigenvalue weighted by atomic mass is 10.1. The SMILES string of the molecule is CC1(c2cc(CCl)no2)CC1. The number of aromatic nitrogens is 1. The number of hydrogen-bond acceptors (Lipinski definition) is 2. The van der Waals surface area contributed by atoms with Gasteiger partial charge in [-0.3, -0.25) is 0 Å². The minimum atomic E-state index is 0.275. The Morgan fingerprint density at radius 1 is 1.73 bits per heavy atom. The highest BCUT2D eigenvalue weighted by Gasteiger charge is 2.42. The van der Waals surface area contributed by atoms with Gasteiger partial charge >= 0.3 is 0 Å². The lowest BCUT2D eigenvalue weighted by Gasteiger charge is -1.98. The van der Waals surface area contributed by atoms with Crippen LogP contribution in [0.25, 0.3) is 0 Å². The second kappa shape index (κ2) is 2.24. The Balaban J connectivity index is 2.25. The molecule has 0 saturated heterocycles. The van der Waals surface area contributed by atoms with E-state index in [1.54, 1.807) is 0 Å². The van der Waals surface area contributed by atoms with Crippen LogP contribution in [0.4, 0.5) is 0 Å². The van der Waals surface area contributed by atoms with Crippen LogP contribution in [0.5, 0.6) is 0 Å². The maximum absolute atomic E-state index is 5.59. The average molecular weight is 172 g/mol. The fourth-order valence-electron chi connectivity index (χ4n) is 1.09. The highest BCUT2D eigenvalue weighted by atomic mass is 35.5. The maximum Gasteiger partial charge on any atom is 0.142 e. The summed E-state index contributed by atoms with van der Waals surface area (Å²) >= 11 is 5.59. The summed E-state index contributed by atoms with van der Waals surface area (Å²) in [6.07, 6.45) is 2.42. The van der Waals surface area contributed by atoms with Crippen LogP contribution in [0.15, 0.2) is 10.6 Å². The molecule has 0 radical (unpaired) electrons. The summed E-state index contributed by atoms with van der Waals surface area (Å²) in [7, 11) is 0. The van der Waals surface area contributed by atoms with Crippen LogP contribution in [-0.4, -0.2) is 5.16 Å². The van der Waals surface area contributed by atoms with Gasteiger partial charge in [-0.2, -0.15) is 0 Å². The van der Waals surface area contributed by atoms with Gasteiger partial charge in [-0.1, -0.05) is 12.1 Å². The molecule has 60 valence electrons. The van der Waals surface area contributed by atoms with E-state index < -0.39 is 0 Å². The second-order valence-corrected chi connectivity index (χ2v) is 3.64. The predicted molar refractivity (Wildman–Crippen MR) is 42.6 cm³/mol. The van der Waals surface area contributed by atoms with E-state index in [0.29, 0.717) is 5.88 Å². The molecular formula is C8H10ClNO. The van der Waals surface area contributed by atoms with Crippen LogP contribution in [-0.2, 0) is 11.3 Å². The molecule has 0 aliphatic heterocycles. The van der Waals surface area contributed by atoms with Gasteiger partial charge in [0.2, 0.25) is 0 Å². The van der Waals surface area contributed by atoms with Crippen molar-refractivity contribution in [3.8, 4) is 0 Å². The predicted octanol–water partition coefficient (Wildman–Crippen LogP) is 2.46. The summed E-state index contributed by atoms with van der Waals surface area (Å²) in [6.45, 7) is 2.19. The van der Waals surface area contributed by atoms with E-state index in [9.17, 15) is 0 Å². The van der Waals surface area contributed by atoms with Crippen molar-refractivity contribution < 1.29 is 4.52 Å². The van der Waals surface area contributed by atoms with Gasteiger partial charge in [0.1, 0.15) is 5.76 Å². The molecule has 1 saturated carbocycles. The quantitative estimate of drug-likeness (QED) is 0.639. The summed E-state index contributed by atoms with van der Waals surface area (Å²) in [6, 6.07) is 1.96. The lowest BCUT2D eigenvalue weighted by Crippen LogP contribution is -1.95. The van der Waals surface area contributed by atoms with Crippen LogP contribution in [0.2, 0.25) is 0 Å². The van der Waals surface area contributed by atoms with E-state index in [1.165, 1.54) is 12.8 Å². The second-order valence-electron chi connectivity index (χ2n) is 3.38. The number of rotatable bonds is 2. The van der Waals surface area contributed by atoms with Crippen LogP contribution in [0, 0.1) is 0 Å². The van der Waals surface area contributed by atoms with Crippen molar-refractivity contribution in [2.45, 2.75) is 31.1 Å². The highest BCUT2D eigenvalue weighted by Crippen LogP contribution is 2.47. The van der Waals surface area contributed by atoms with Gasteiger partial charge in [0.05, 0.1) is 11.6 Å². The van der Waals surface area contributed by atoms with E-state index in [-0.39, 0.29) is 5.41 Å². The van der Waals surface area contributed by atoms with Crippen molar-refractivity contribution in [1.82, 2.24) is 5.16 Å². The summed E-state index contributed by atoms with van der Waals surface area (Å²) in [4.78, 5) is 0. The highest BCUT2D eigenvalue weighted by molar-refractivity contribution is 6.16. The van der Waals surface area contributed by atoms with Crippen LogP contribution in [0.1, 0.15) is 31.2 Å². The molecule has 3 heteroatoms. The first-order chi connectivity index (χ1) is 5.24. The first kappa shape index (κ1) is 7.17. The molecule has 0 unspecified atom stereocenters. The van der Waals surface area contributed by atoms with Crippen molar-refractivity contribution in [2.75, 3.05) is 0 Å². The number of nitrogens with zero attached hydrogens (tertiary/aromatic N) is 1. The standard InChI is InChI=1S/C8H10ClNO/c1-8(2-3-8)7-4-6(5-9)10-11-7/h4H,2-3,5H2,1H3. The van der Waals surface area contributed by atoms with Gasteiger partial charge in [0, 0.05) is 11.5 Å². The fraction of sp³-hybridized carbons (Fsp3) is 0.625. The summed E-state index contributed by atoms with van der Waals surface area (Å²) in [5.41, 5.74) is 1.12. The monoisotopic (exact) mass is 171 g/mol. The molecule has 0 spiro atoms. The zero-order chi connectivity index (χ0) is 7.90. The molecule has 1 aromatic rings. The molecule has 1 fully saturated rings. The summed E-state index contributed by atoms with van der Waals surface area (Å²) in [5.74, 6) is 1.44. The molecule has 1 aliphatic rings. The van der Waals surface area contributed by atoms with Crippen molar-refractivity contribution in [3.63, 3.8) is 0 Å². The average Bonchev–Trinajstić information content (AvgIpc) is 2.61. The van der Waals surface area contributed by atoms with Gasteiger partial charge < -0.3 is 4.52 Å².